The summed E-state index contributed by atoms with van der Waals surface area (Å²) >= 11 is 3.36. The van der Waals surface area contributed by atoms with Crippen LogP contribution in [0.5, 0.6) is 5.75 Å². The number of hydrogen-bond donors (Lipinski definition) is 0. The van der Waals surface area contributed by atoms with Crippen molar-refractivity contribution in [3.05, 3.63) is 88.6 Å². The highest BCUT2D eigenvalue weighted by Gasteiger charge is 2.25. The Balaban J connectivity index is 2.06. The number of halogens is 2. The molecule has 0 amide bonds. The molecule has 0 aromatic heterocycles. The van der Waals surface area contributed by atoms with Gasteiger partial charge in [-0.05, 0) is 66.2 Å². The first-order valence-electron chi connectivity index (χ1n) is 8.07. The molecular formula is C20H17BrFNO3S. The van der Waals surface area contributed by atoms with E-state index in [1.807, 2.05) is 6.07 Å². The van der Waals surface area contributed by atoms with Crippen molar-refractivity contribution in [2.75, 3.05) is 11.4 Å². The molecule has 0 aliphatic rings. The Labute approximate surface area is 166 Å². The minimum Gasteiger partial charge on any atom is -0.497 e. The molecule has 0 saturated carbocycles. The van der Waals surface area contributed by atoms with Crippen LogP contribution in [0.2, 0.25) is 0 Å². The van der Waals surface area contributed by atoms with Crippen molar-refractivity contribution in [3.63, 3.8) is 0 Å². The average Bonchev–Trinajstić information content (AvgIpc) is 2.67. The van der Waals surface area contributed by atoms with Crippen LogP contribution in [0, 0.1) is 5.82 Å². The van der Waals surface area contributed by atoms with E-state index in [9.17, 15) is 12.8 Å². The molecule has 4 nitrogen and oxygen atoms in total. The third-order valence-corrected chi connectivity index (χ3v) is 6.29. The van der Waals surface area contributed by atoms with Crippen molar-refractivity contribution in [2.24, 2.45) is 0 Å². The Bertz CT molecular complexity index is 1020. The Morgan fingerprint density at radius 2 is 1.67 bits per heavy atom. The minimum atomic E-state index is -3.89. The van der Waals surface area contributed by atoms with Crippen LogP contribution in [0.15, 0.2) is 82.2 Å². The molecule has 0 fully saturated rings. The van der Waals surface area contributed by atoms with Gasteiger partial charge in [-0.25, -0.2) is 12.8 Å². The molecule has 3 aromatic carbocycles. The van der Waals surface area contributed by atoms with Crippen LogP contribution in [0.4, 0.5) is 10.1 Å². The van der Waals surface area contributed by atoms with E-state index in [1.165, 1.54) is 16.4 Å². The molecule has 0 heterocycles. The molecule has 0 unspecified atom stereocenters. The van der Waals surface area contributed by atoms with E-state index in [0.29, 0.717) is 11.4 Å². The second kappa shape index (κ2) is 8.10. The Kier molecular flexibility index (Phi) is 5.82. The summed E-state index contributed by atoms with van der Waals surface area (Å²) in [6, 6.07) is 19.0. The quantitative estimate of drug-likeness (QED) is 0.532. The van der Waals surface area contributed by atoms with Crippen LogP contribution in [0.1, 0.15) is 5.56 Å². The van der Waals surface area contributed by atoms with Crippen LogP contribution >= 0.6 is 15.9 Å². The summed E-state index contributed by atoms with van der Waals surface area (Å²) < 4.78 is 47.1. The summed E-state index contributed by atoms with van der Waals surface area (Å²) in [5, 5.41) is 0. The average molecular weight is 450 g/mol. The molecule has 3 rings (SSSR count). The van der Waals surface area contributed by atoms with Crippen molar-refractivity contribution >= 4 is 31.6 Å². The van der Waals surface area contributed by atoms with Crippen molar-refractivity contribution < 1.29 is 17.5 Å². The first-order chi connectivity index (χ1) is 12.9. The van der Waals surface area contributed by atoms with Gasteiger partial charge in [-0.2, -0.15) is 0 Å². The summed E-state index contributed by atoms with van der Waals surface area (Å²) in [4.78, 5) is 0.0229. The summed E-state index contributed by atoms with van der Waals surface area (Å²) in [5.41, 5.74) is 1.27. The van der Waals surface area contributed by atoms with Gasteiger partial charge < -0.3 is 4.74 Å². The zero-order chi connectivity index (χ0) is 19.4. The van der Waals surface area contributed by atoms with Gasteiger partial charge in [0, 0.05) is 4.47 Å². The standard InChI is InChI=1S/C20H17BrFNO3S/c1-26-19-4-2-3-15(13-19)14-23(18-9-5-16(21)6-10-18)27(24,25)20-11-7-17(22)8-12-20/h2-13H,14H2,1H3. The first kappa shape index (κ1) is 19.4. The highest BCUT2D eigenvalue weighted by Crippen LogP contribution is 2.28. The lowest BCUT2D eigenvalue weighted by Crippen LogP contribution is -2.30. The van der Waals surface area contributed by atoms with Gasteiger partial charge in [0.2, 0.25) is 0 Å². The largest absolute Gasteiger partial charge is 0.497 e. The Morgan fingerprint density at radius 1 is 1.00 bits per heavy atom. The van der Waals surface area contributed by atoms with Gasteiger partial charge in [0.25, 0.3) is 10.0 Å². The molecule has 0 aliphatic heterocycles. The molecule has 0 radical (unpaired) electrons. The molecule has 140 valence electrons. The third-order valence-electron chi connectivity index (χ3n) is 3.98. The molecular weight excluding hydrogens is 433 g/mol. The highest BCUT2D eigenvalue weighted by molar-refractivity contribution is 9.10. The van der Waals surface area contributed by atoms with Crippen LogP contribution in [-0.2, 0) is 16.6 Å². The van der Waals surface area contributed by atoms with E-state index in [0.717, 1.165) is 22.2 Å². The molecule has 3 aromatic rings. The van der Waals surface area contributed by atoms with Crippen molar-refractivity contribution in [1.29, 1.82) is 0 Å². The van der Waals surface area contributed by atoms with E-state index < -0.39 is 15.8 Å². The number of hydrogen-bond acceptors (Lipinski definition) is 3. The summed E-state index contributed by atoms with van der Waals surface area (Å²) in [5.74, 6) is 0.152. The van der Waals surface area contributed by atoms with Crippen molar-refractivity contribution in [3.8, 4) is 5.75 Å². The third kappa shape index (κ3) is 4.48. The van der Waals surface area contributed by atoms with Crippen molar-refractivity contribution in [2.45, 2.75) is 11.4 Å². The van der Waals surface area contributed by atoms with Gasteiger partial charge in [-0.3, -0.25) is 4.31 Å². The second-order valence-electron chi connectivity index (χ2n) is 5.79. The first-order valence-corrected chi connectivity index (χ1v) is 10.3. The number of nitrogens with zero attached hydrogens (tertiary/aromatic N) is 1. The van der Waals surface area contributed by atoms with E-state index in [2.05, 4.69) is 15.9 Å². The van der Waals surface area contributed by atoms with Crippen LogP contribution in [-0.4, -0.2) is 15.5 Å². The fraction of sp³-hybridized carbons (Fsp3) is 0.100. The number of rotatable bonds is 6. The van der Waals surface area contributed by atoms with Crippen molar-refractivity contribution in [1.82, 2.24) is 0 Å². The fourth-order valence-electron chi connectivity index (χ4n) is 2.59. The van der Waals surface area contributed by atoms with Crippen LogP contribution in [0.3, 0.4) is 0 Å². The zero-order valence-electron chi connectivity index (χ0n) is 14.5. The normalized spacial score (nSPS) is 11.2. The molecule has 0 atom stereocenters. The highest BCUT2D eigenvalue weighted by atomic mass is 79.9. The SMILES string of the molecule is COc1cccc(CN(c2ccc(Br)cc2)S(=O)(=O)c2ccc(F)cc2)c1. The lowest BCUT2D eigenvalue weighted by atomic mass is 10.2. The summed E-state index contributed by atoms with van der Waals surface area (Å²) in [7, 11) is -2.33. The van der Waals surface area contributed by atoms with Gasteiger partial charge in [0.05, 0.1) is 24.2 Å². The van der Waals surface area contributed by atoms with Gasteiger partial charge in [-0.1, -0.05) is 28.1 Å². The molecule has 0 saturated heterocycles. The number of methoxy groups -OCH3 is 1. The maximum Gasteiger partial charge on any atom is 0.264 e. The Hall–Kier alpha value is -2.38. The molecule has 7 heteroatoms. The number of benzene rings is 3. The maximum absolute atomic E-state index is 13.2. The van der Waals surface area contributed by atoms with Gasteiger partial charge in [0.15, 0.2) is 0 Å². The molecule has 0 spiro atoms. The maximum atomic E-state index is 13.2. The lowest BCUT2D eigenvalue weighted by Gasteiger charge is -2.25. The van der Waals surface area contributed by atoms with Crippen LogP contribution in [0.25, 0.3) is 0 Å². The van der Waals surface area contributed by atoms with Crippen LogP contribution < -0.4 is 9.04 Å². The van der Waals surface area contributed by atoms with E-state index in [-0.39, 0.29) is 11.4 Å². The molecule has 0 N–H and O–H groups in total. The van der Waals surface area contributed by atoms with Gasteiger partial charge in [-0.15, -0.1) is 0 Å². The second-order valence-corrected chi connectivity index (χ2v) is 8.57. The van der Waals surface area contributed by atoms with Gasteiger partial charge >= 0.3 is 0 Å². The predicted octanol–water partition coefficient (Wildman–Crippen LogP) is 4.99. The number of anilines is 1. The number of sulfonamides is 1. The fourth-order valence-corrected chi connectivity index (χ4v) is 4.31. The van der Waals surface area contributed by atoms with E-state index >= 15 is 0 Å². The van der Waals surface area contributed by atoms with Gasteiger partial charge in [0.1, 0.15) is 11.6 Å². The zero-order valence-corrected chi connectivity index (χ0v) is 16.9. The monoisotopic (exact) mass is 449 g/mol. The predicted molar refractivity (Wildman–Crippen MR) is 107 cm³/mol. The smallest absolute Gasteiger partial charge is 0.264 e. The molecule has 0 bridgehead atoms. The lowest BCUT2D eigenvalue weighted by molar-refractivity contribution is 0.414. The summed E-state index contributed by atoms with van der Waals surface area (Å²) in [6.45, 7) is 0.110. The molecule has 0 aliphatic carbocycles. The van der Waals surface area contributed by atoms with E-state index in [1.54, 1.807) is 49.6 Å². The minimum absolute atomic E-state index is 0.0229. The number of ether oxygens (including phenoxy) is 1. The Morgan fingerprint density at radius 3 is 2.30 bits per heavy atom. The van der Waals surface area contributed by atoms with E-state index in [4.69, 9.17) is 4.74 Å². The summed E-state index contributed by atoms with van der Waals surface area (Å²) in [6.07, 6.45) is 0. The molecule has 27 heavy (non-hydrogen) atoms. The topological polar surface area (TPSA) is 46.6 Å².